The van der Waals surface area contributed by atoms with Crippen LogP contribution in [0.1, 0.15) is 47.4 Å². The molecule has 1 aliphatic carbocycles. The summed E-state index contributed by atoms with van der Waals surface area (Å²) in [6, 6.07) is 9.71. The Kier molecular flexibility index (Phi) is 4.73. The summed E-state index contributed by atoms with van der Waals surface area (Å²) in [6.07, 6.45) is 4.02. The minimum Gasteiger partial charge on any atom is -0.346 e. The summed E-state index contributed by atoms with van der Waals surface area (Å²) < 4.78 is 0. The third kappa shape index (κ3) is 3.65. The highest BCUT2D eigenvalue weighted by Crippen LogP contribution is 2.38. The van der Waals surface area contributed by atoms with Gasteiger partial charge in [-0.05, 0) is 36.8 Å². The number of nitrogens with one attached hydrogen (secondary N) is 1. The highest BCUT2D eigenvalue weighted by Gasteiger charge is 2.25. The van der Waals surface area contributed by atoms with Gasteiger partial charge >= 0.3 is 0 Å². The quantitative estimate of drug-likeness (QED) is 0.831. The van der Waals surface area contributed by atoms with Crippen LogP contribution in [-0.2, 0) is 6.54 Å². The summed E-state index contributed by atoms with van der Waals surface area (Å²) in [6.45, 7) is 2.52. The molecule has 0 spiro atoms. The second-order valence-corrected chi connectivity index (χ2v) is 6.63. The molecule has 114 valence electrons. The third-order valence-corrected chi connectivity index (χ3v) is 4.56. The van der Waals surface area contributed by atoms with E-state index in [9.17, 15) is 4.79 Å². The van der Waals surface area contributed by atoms with Crippen molar-refractivity contribution in [2.24, 2.45) is 0 Å². The number of carbonyl (C=O) groups is 1. The molecule has 0 saturated heterocycles. The molecule has 1 fully saturated rings. The summed E-state index contributed by atoms with van der Waals surface area (Å²) >= 11 is 1.68. The van der Waals surface area contributed by atoms with E-state index < -0.39 is 0 Å². The van der Waals surface area contributed by atoms with E-state index in [1.54, 1.807) is 18.1 Å². The molecule has 4 nitrogen and oxygen atoms in total. The Balaban J connectivity index is 1.66. The minimum atomic E-state index is -0.0527. The molecule has 5 heteroatoms. The van der Waals surface area contributed by atoms with E-state index in [2.05, 4.69) is 22.2 Å². The molecular weight excluding hydrogens is 294 g/mol. The maximum atomic E-state index is 12.4. The normalized spacial score (nSPS) is 13.9. The van der Waals surface area contributed by atoms with Gasteiger partial charge in [0.1, 0.15) is 6.33 Å². The molecule has 3 rings (SSSR count). The van der Waals surface area contributed by atoms with Crippen molar-refractivity contribution in [2.75, 3.05) is 5.75 Å². The number of carbonyl (C=O) groups excluding carboxylic acids is 1. The number of aromatic nitrogens is 2. The zero-order chi connectivity index (χ0) is 15.4. The van der Waals surface area contributed by atoms with Crippen LogP contribution in [0, 0.1) is 0 Å². The predicted molar refractivity (Wildman–Crippen MR) is 88.0 cm³/mol. The van der Waals surface area contributed by atoms with Crippen LogP contribution in [0.2, 0.25) is 0 Å². The highest BCUT2D eigenvalue weighted by molar-refractivity contribution is 7.99. The fourth-order valence-corrected chi connectivity index (χ4v) is 3.12. The van der Waals surface area contributed by atoms with Crippen molar-refractivity contribution in [3.05, 3.63) is 53.6 Å². The molecule has 1 aromatic heterocycles. The zero-order valence-corrected chi connectivity index (χ0v) is 13.4. The van der Waals surface area contributed by atoms with E-state index in [1.807, 2.05) is 30.3 Å². The molecule has 1 amide bonds. The number of amides is 1. The minimum absolute atomic E-state index is 0.0527. The molecule has 1 N–H and O–H groups in total. The van der Waals surface area contributed by atoms with Crippen molar-refractivity contribution in [2.45, 2.75) is 37.1 Å². The Labute approximate surface area is 134 Å². The van der Waals surface area contributed by atoms with E-state index in [4.69, 9.17) is 0 Å². The first kappa shape index (κ1) is 15.0. The smallest absolute Gasteiger partial charge is 0.252 e. The van der Waals surface area contributed by atoms with Gasteiger partial charge in [-0.25, -0.2) is 9.97 Å². The molecule has 0 bridgehead atoms. The number of benzene rings is 1. The van der Waals surface area contributed by atoms with Gasteiger partial charge in [0.2, 0.25) is 0 Å². The lowest BCUT2D eigenvalue weighted by Gasteiger charge is -2.09. The second kappa shape index (κ2) is 6.92. The molecule has 0 aliphatic heterocycles. The molecule has 0 atom stereocenters. The molecule has 0 radical (unpaired) electrons. The average Bonchev–Trinajstić information content (AvgIpc) is 3.39. The Bertz CT molecular complexity index is 670. The average molecular weight is 313 g/mol. The first-order chi connectivity index (χ1) is 10.8. The van der Waals surface area contributed by atoms with Crippen LogP contribution in [0.15, 0.2) is 41.6 Å². The van der Waals surface area contributed by atoms with Crippen LogP contribution >= 0.6 is 11.8 Å². The zero-order valence-electron chi connectivity index (χ0n) is 12.6. The summed E-state index contributed by atoms with van der Waals surface area (Å²) in [5, 5.41) is 2.96. The number of nitrogens with zero attached hydrogens (tertiary/aromatic N) is 2. The second-order valence-electron chi connectivity index (χ2n) is 5.32. The van der Waals surface area contributed by atoms with E-state index in [0.29, 0.717) is 12.5 Å². The van der Waals surface area contributed by atoms with Gasteiger partial charge in [0.15, 0.2) is 0 Å². The lowest BCUT2D eigenvalue weighted by atomic mass is 10.2. The molecule has 1 aromatic carbocycles. The standard InChI is InChI=1S/C17H19N3OS/c1-2-22-16-6-4-3-5-14(16)17(21)18-10-13-9-15(12-7-8-12)20-11-19-13/h3-6,9,11-12H,2,7-8,10H2,1H3,(H,18,21). The van der Waals surface area contributed by atoms with Crippen LogP contribution in [0.3, 0.4) is 0 Å². The van der Waals surface area contributed by atoms with E-state index in [-0.39, 0.29) is 5.91 Å². The Morgan fingerprint density at radius 1 is 1.32 bits per heavy atom. The van der Waals surface area contributed by atoms with Crippen molar-refractivity contribution in [1.29, 1.82) is 0 Å². The van der Waals surface area contributed by atoms with E-state index in [1.165, 1.54) is 12.8 Å². The number of thioether (sulfide) groups is 1. The SMILES string of the molecule is CCSc1ccccc1C(=O)NCc1cc(C2CC2)ncn1. The van der Waals surface area contributed by atoms with Gasteiger partial charge in [-0.3, -0.25) is 4.79 Å². The Hall–Kier alpha value is -1.88. The maximum absolute atomic E-state index is 12.4. The first-order valence-corrected chi connectivity index (χ1v) is 8.57. The summed E-state index contributed by atoms with van der Waals surface area (Å²) in [5.74, 6) is 1.49. The van der Waals surface area contributed by atoms with Gasteiger partial charge in [0.25, 0.3) is 5.91 Å². The van der Waals surface area contributed by atoms with Gasteiger partial charge in [-0.1, -0.05) is 19.1 Å². The molecule has 22 heavy (non-hydrogen) atoms. The van der Waals surface area contributed by atoms with E-state index >= 15 is 0 Å². The number of rotatable bonds is 6. The lowest BCUT2D eigenvalue weighted by molar-refractivity contribution is 0.0947. The lowest BCUT2D eigenvalue weighted by Crippen LogP contribution is -2.24. The molecule has 1 aliphatic rings. The van der Waals surface area contributed by atoms with Crippen LogP contribution in [0.5, 0.6) is 0 Å². The van der Waals surface area contributed by atoms with Crippen LogP contribution < -0.4 is 5.32 Å². The van der Waals surface area contributed by atoms with Crippen LogP contribution in [0.4, 0.5) is 0 Å². The topological polar surface area (TPSA) is 54.9 Å². The van der Waals surface area contributed by atoms with Crippen molar-refractivity contribution >= 4 is 17.7 Å². The highest BCUT2D eigenvalue weighted by atomic mass is 32.2. The summed E-state index contributed by atoms with van der Waals surface area (Å²) in [4.78, 5) is 21.9. The molecule has 0 unspecified atom stereocenters. The molecular formula is C17H19N3OS. The van der Waals surface area contributed by atoms with Crippen LogP contribution in [-0.4, -0.2) is 21.6 Å². The predicted octanol–water partition coefficient (Wildman–Crippen LogP) is 3.40. The van der Waals surface area contributed by atoms with E-state index in [0.717, 1.165) is 27.6 Å². The number of hydrogen-bond donors (Lipinski definition) is 1. The molecule has 2 aromatic rings. The fraction of sp³-hybridized carbons (Fsp3) is 0.353. The molecule has 1 heterocycles. The third-order valence-electron chi connectivity index (χ3n) is 3.60. The van der Waals surface area contributed by atoms with Gasteiger partial charge in [0, 0.05) is 16.5 Å². The van der Waals surface area contributed by atoms with Gasteiger partial charge in [-0.15, -0.1) is 11.8 Å². The fourth-order valence-electron chi connectivity index (χ4n) is 2.32. The Morgan fingerprint density at radius 3 is 2.91 bits per heavy atom. The summed E-state index contributed by atoms with van der Waals surface area (Å²) in [5.41, 5.74) is 2.69. The van der Waals surface area contributed by atoms with Crippen molar-refractivity contribution < 1.29 is 4.79 Å². The maximum Gasteiger partial charge on any atom is 0.252 e. The van der Waals surface area contributed by atoms with Crippen LogP contribution in [0.25, 0.3) is 0 Å². The van der Waals surface area contributed by atoms with Crippen molar-refractivity contribution in [3.8, 4) is 0 Å². The summed E-state index contributed by atoms with van der Waals surface area (Å²) in [7, 11) is 0. The first-order valence-electron chi connectivity index (χ1n) is 7.58. The van der Waals surface area contributed by atoms with Gasteiger partial charge < -0.3 is 5.32 Å². The van der Waals surface area contributed by atoms with Crippen molar-refractivity contribution in [1.82, 2.24) is 15.3 Å². The molecule has 1 saturated carbocycles. The largest absolute Gasteiger partial charge is 0.346 e. The van der Waals surface area contributed by atoms with Crippen molar-refractivity contribution in [3.63, 3.8) is 0 Å². The Morgan fingerprint density at radius 2 is 2.14 bits per heavy atom. The van der Waals surface area contributed by atoms with Gasteiger partial charge in [0.05, 0.1) is 17.8 Å². The monoisotopic (exact) mass is 313 g/mol. The number of hydrogen-bond acceptors (Lipinski definition) is 4. The van der Waals surface area contributed by atoms with Gasteiger partial charge in [-0.2, -0.15) is 0 Å².